The number of nitrogens with zero attached hydrogens (tertiary/aromatic N) is 2. The summed E-state index contributed by atoms with van der Waals surface area (Å²) in [5, 5.41) is 2.97. The molecule has 226 valence electrons. The molecular weight excluding hydrogens is 622 g/mol. The van der Waals surface area contributed by atoms with E-state index in [4.69, 9.17) is 9.47 Å². The number of hydrogen-bond acceptors (Lipinski definition) is 6. The second-order valence-corrected chi connectivity index (χ2v) is 12.6. The van der Waals surface area contributed by atoms with Crippen LogP contribution in [0.15, 0.2) is 77.3 Å². The zero-order valence-electron chi connectivity index (χ0n) is 24.4. The molecule has 0 bridgehead atoms. The van der Waals surface area contributed by atoms with Crippen LogP contribution in [0.5, 0.6) is 11.5 Å². The monoisotopic (exact) mass is 659 g/mol. The smallest absolute Gasteiger partial charge is 0.244 e. The zero-order valence-corrected chi connectivity index (χ0v) is 26.8. The predicted molar refractivity (Wildman–Crippen MR) is 168 cm³/mol. The van der Waals surface area contributed by atoms with Gasteiger partial charge < -0.3 is 19.7 Å². The molecule has 1 unspecified atom stereocenters. The van der Waals surface area contributed by atoms with Crippen LogP contribution in [0.4, 0.5) is 5.69 Å². The average molecular weight is 661 g/mol. The highest BCUT2D eigenvalue weighted by molar-refractivity contribution is 9.10. The first-order chi connectivity index (χ1) is 20.1. The quantitative estimate of drug-likeness (QED) is 0.235. The van der Waals surface area contributed by atoms with Crippen molar-refractivity contribution in [2.24, 2.45) is 0 Å². The van der Waals surface area contributed by atoms with Crippen molar-refractivity contribution in [2.75, 3.05) is 37.9 Å². The van der Waals surface area contributed by atoms with Crippen molar-refractivity contribution in [3.05, 3.63) is 88.4 Å². The van der Waals surface area contributed by atoms with Crippen LogP contribution in [0.25, 0.3) is 0 Å². The predicted octanol–water partition coefficient (Wildman–Crippen LogP) is 4.79. The van der Waals surface area contributed by atoms with Crippen LogP contribution in [0.3, 0.4) is 0 Å². The van der Waals surface area contributed by atoms with E-state index in [1.807, 2.05) is 61.5 Å². The minimum absolute atomic E-state index is 0.0994. The highest BCUT2D eigenvalue weighted by atomic mass is 79.9. The van der Waals surface area contributed by atoms with Gasteiger partial charge in [0.25, 0.3) is 0 Å². The maximum absolute atomic E-state index is 14.2. The lowest BCUT2D eigenvalue weighted by molar-refractivity contribution is -0.140. The van der Waals surface area contributed by atoms with Gasteiger partial charge in [-0.3, -0.25) is 13.9 Å². The maximum Gasteiger partial charge on any atom is 0.244 e. The van der Waals surface area contributed by atoms with Gasteiger partial charge in [-0.25, -0.2) is 8.42 Å². The summed E-state index contributed by atoms with van der Waals surface area (Å²) in [4.78, 5) is 29.3. The van der Waals surface area contributed by atoms with Crippen LogP contribution in [-0.4, -0.2) is 64.7 Å². The Morgan fingerprint density at radius 2 is 1.64 bits per heavy atom. The number of benzene rings is 3. The summed E-state index contributed by atoms with van der Waals surface area (Å²) in [6, 6.07) is 20.7. The Kier molecular flexibility index (Phi) is 12.2. The van der Waals surface area contributed by atoms with Crippen LogP contribution in [0, 0.1) is 0 Å². The molecule has 0 aliphatic rings. The van der Waals surface area contributed by atoms with Gasteiger partial charge in [-0.1, -0.05) is 71.7 Å². The van der Waals surface area contributed by atoms with Crippen LogP contribution < -0.4 is 19.1 Å². The summed E-state index contributed by atoms with van der Waals surface area (Å²) in [7, 11) is -1.04. The summed E-state index contributed by atoms with van der Waals surface area (Å²) in [5.74, 6) is -0.136. The van der Waals surface area contributed by atoms with E-state index in [9.17, 15) is 18.0 Å². The van der Waals surface area contributed by atoms with Gasteiger partial charge in [-0.05, 0) is 41.8 Å². The van der Waals surface area contributed by atoms with Crippen LogP contribution in [0.1, 0.15) is 30.9 Å². The standard InChI is InChI=1S/C31H38BrN3O6S/c1-5-6-18-33-31(37)28(19-23-10-8-7-9-11-23)34(21-24-12-14-25(32)15-13-24)30(36)22-35(42(4,38)39)27-17-16-26(40-2)20-29(27)41-3/h7-17,20,28H,5-6,18-19,21-22H2,1-4H3,(H,33,37). The number of rotatable bonds is 15. The summed E-state index contributed by atoms with van der Waals surface area (Å²) >= 11 is 3.44. The molecule has 1 N–H and O–H groups in total. The summed E-state index contributed by atoms with van der Waals surface area (Å²) < 4.78 is 38.7. The number of anilines is 1. The third-order valence-corrected chi connectivity index (χ3v) is 8.36. The summed E-state index contributed by atoms with van der Waals surface area (Å²) in [6.07, 6.45) is 2.98. The number of carbonyl (C=O) groups excluding carboxylic acids is 2. The second-order valence-electron chi connectivity index (χ2n) is 9.81. The van der Waals surface area contributed by atoms with Gasteiger partial charge in [0.05, 0.1) is 26.2 Å². The number of ether oxygens (including phenoxy) is 2. The molecule has 3 aromatic carbocycles. The van der Waals surface area contributed by atoms with Gasteiger partial charge in [-0.15, -0.1) is 0 Å². The summed E-state index contributed by atoms with van der Waals surface area (Å²) in [5.41, 5.74) is 1.85. The third-order valence-electron chi connectivity index (χ3n) is 6.70. The van der Waals surface area contributed by atoms with E-state index in [0.29, 0.717) is 12.3 Å². The molecule has 0 aromatic heterocycles. The molecule has 1 atom stereocenters. The van der Waals surface area contributed by atoms with Crippen molar-refractivity contribution >= 4 is 43.5 Å². The summed E-state index contributed by atoms with van der Waals surface area (Å²) in [6.45, 7) is 2.07. The molecule has 2 amide bonds. The normalized spacial score (nSPS) is 11.8. The third kappa shape index (κ3) is 9.22. The molecule has 0 saturated heterocycles. The van der Waals surface area contributed by atoms with E-state index in [1.54, 1.807) is 12.1 Å². The van der Waals surface area contributed by atoms with E-state index in [2.05, 4.69) is 21.2 Å². The topological polar surface area (TPSA) is 105 Å². The van der Waals surface area contributed by atoms with E-state index in [-0.39, 0.29) is 30.3 Å². The molecule has 11 heteroatoms. The molecule has 0 spiro atoms. The van der Waals surface area contributed by atoms with Gasteiger partial charge in [0, 0.05) is 30.0 Å². The molecule has 0 heterocycles. The van der Waals surface area contributed by atoms with E-state index < -0.39 is 28.5 Å². The molecule has 3 rings (SSSR count). The van der Waals surface area contributed by atoms with Crippen molar-refractivity contribution in [3.8, 4) is 11.5 Å². The molecule has 0 aliphatic carbocycles. The number of amides is 2. The Morgan fingerprint density at radius 1 is 0.952 bits per heavy atom. The number of sulfonamides is 1. The van der Waals surface area contributed by atoms with Gasteiger partial charge in [0.1, 0.15) is 24.1 Å². The van der Waals surface area contributed by atoms with Crippen molar-refractivity contribution in [1.29, 1.82) is 0 Å². The van der Waals surface area contributed by atoms with E-state index >= 15 is 0 Å². The first kappa shape index (κ1) is 32.9. The number of unbranched alkanes of at least 4 members (excludes halogenated alkanes) is 1. The van der Waals surface area contributed by atoms with Crippen molar-refractivity contribution in [2.45, 2.75) is 38.8 Å². The number of carbonyl (C=O) groups is 2. The lowest BCUT2D eigenvalue weighted by Gasteiger charge is -2.33. The fraction of sp³-hybridized carbons (Fsp3) is 0.355. The molecule has 0 radical (unpaired) electrons. The minimum atomic E-state index is -3.94. The lowest BCUT2D eigenvalue weighted by Crippen LogP contribution is -2.53. The Hall–Kier alpha value is -3.57. The van der Waals surface area contributed by atoms with Gasteiger partial charge in [0.2, 0.25) is 21.8 Å². The van der Waals surface area contributed by atoms with Crippen molar-refractivity contribution < 1.29 is 27.5 Å². The van der Waals surface area contributed by atoms with Crippen LogP contribution in [-0.2, 0) is 32.6 Å². The Bertz CT molecular complexity index is 1430. The average Bonchev–Trinajstić information content (AvgIpc) is 2.98. The molecule has 9 nitrogen and oxygen atoms in total. The first-order valence-corrected chi connectivity index (χ1v) is 16.3. The van der Waals surface area contributed by atoms with Crippen LogP contribution >= 0.6 is 15.9 Å². The number of nitrogens with one attached hydrogen (secondary N) is 1. The molecule has 0 fully saturated rings. The minimum Gasteiger partial charge on any atom is -0.497 e. The molecule has 0 aliphatic heterocycles. The second kappa shape index (κ2) is 15.6. The largest absolute Gasteiger partial charge is 0.497 e. The highest BCUT2D eigenvalue weighted by Crippen LogP contribution is 2.34. The number of methoxy groups -OCH3 is 2. The van der Waals surface area contributed by atoms with Crippen molar-refractivity contribution in [1.82, 2.24) is 10.2 Å². The molecule has 42 heavy (non-hydrogen) atoms. The zero-order chi connectivity index (χ0) is 30.7. The van der Waals surface area contributed by atoms with Gasteiger partial charge in [-0.2, -0.15) is 0 Å². The van der Waals surface area contributed by atoms with E-state index in [1.165, 1.54) is 25.2 Å². The maximum atomic E-state index is 14.2. The van der Waals surface area contributed by atoms with Crippen LogP contribution in [0.2, 0.25) is 0 Å². The first-order valence-electron chi connectivity index (χ1n) is 13.6. The van der Waals surface area contributed by atoms with E-state index in [0.717, 1.165) is 39.0 Å². The number of hydrogen-bond donors (Lipinski definition) is 1. The molecule has 3 aromatic rings. The fourth-order valence-corrected chi connectivity index (χ4v) is 5.55. The highest BCUT2D eigenvalue weighted by Gasteiger charge is 2.33. The Labute approximate surface area is 257 Å². The lowest BCUT2D eigenvalue weighted by atomic mass is 10.0. The van der Waals surface area contributed by atoms with Crippen molar-refractivity contribution in [3.63, 3.8) is 0 Å². The number of halogens is 1. The Morgan fingerprint density at radius 3 is 2.24 bits per heavy atom. The Balaban J connectivity index is 2.06. The molecular formula is C31H38BrN3O6S. The molecule has 0 saturated carbocycles. The fourth-order valence-electron chi connectivity index (χ4n) is 4.43. The SMILES string of the molecule is CCCCNC(=O)C(Cc1ccccc1)N(Cc1ccc(Br)cc1)C(=O)CN(c1ccc(OC)cc1OC)S(C)(=O)=O. The van der Waals surface area contributed by atoms with Gasteiger partial charge >= 0.3 is 0 Å². The van der Waals surface area contributed by atoms with Gasteiger partial charge in [0.15, 0.2) is 0 Å².